The Morgan fingerprint density at radius 3 is 2.45 bits per heavy atom. The number of hydrogen-bond acceptors (Lipinski definition) is 3. The summed E-state index contributed by atoms with van der Waals surface area (Å²) in [5, 5.41) is 4.85. The van der Waals surface area contributed by atoms with Crippen LogP contribution in [-0.4, -0.2) is 25.0 Å². The Balaban J connectivity index is 1.42. The zero-order chi connectivity index (χ0) is 20.6. The molecule has 1 atom stereocenters. The smallest absolute Gasteiger partial charge is 0.293 e. The lowest BCUT2D eigenvalue weighted by Gasteiger charge is -2.14. The monoisotopic (exact) mass is 412 g/mol. The molecular weight excluding hydrogens is 390 g/mol. The minimum absolute atomic E-state index is 0.0933. The van der Waals surface area contributed by atoms with Crippen LogP contribution in [0.15, 0.2) is 66.7 Å². The van der Waals surface area contributed by atoms with Gasteiger partial charge in [-0.05, 0) is 42.0 Å². The van der Waals surface area contributed by atoms with Crippen molar-refractivity contribution in [1.82, 2.24) is 10.9 Å². The van der Waals surface area contributed by atoms with E-state index in [2.05, 4.69) is 35.1 Å². The molecule has 2 amide bonds. The van der Waals surface area contributed by atoms with Crippen LogP contribution in [0.4, 0.5) is 0 Å². The molecular formula is C22H23ClN3O3+. The first-order chi connectivity index (χ1) is 14.0. The van der Waals surface area contributed by atoms with Gasteiger partial charge in [0.1, 0.15) is 11.8 Å². The van der Waals surface area contributed by atoms with E-state index >= 15 is 0 Å². The molecule has 0 saturated heterocycles. The molecule has 0 fully saturated rings. The molecule has 4 N–H and O–H groups in total. The Morgan fingerprint density at radius 2 is 1.66 bits per heavy atom. The van der Waals surface area contributed by atoms with Crippen molar-refractivity contribution in [1.29, 1.82) is 0 Å². The van der Waals surface area contributed by atoms with E-state index in [1.54, 1.807) is 24.3 Å². The Labute approximate surface area is 174 Å². The molecule has 0 unspecified atom stereocenters. The summed E-state index contributed by atoms with van der Waals surface area (Å²) in [6.45, 7) is 2.02. The fourth-order valence-electron chi connectivity index (χ4n) is 2.96. The van der Waals surface area contributed by atoms with Crippen LogP contribution in [0.3, 0.4) is 0 Å². The van der Waals surface area contributed by atoms with Crippen molar-refractivity contribution in [2.24, 2.45) is 0 Å². The molecule has 0 spiro atoms. The van der Waals surface area contributed by atoms with E-state index in [1.807, 2.05) is 30.4 Å². The lowest BCUT2D eigenvalue weighted by atomic mass is 10.00. The summed E-state index contributed by atoms with van der Waals surface area (Å²) in [6, 6.07) is 21.1. The fraction of sp³-hybridized carbons (Fsp3) is 0.182. The highest BCUT2D eigenvalue weighted by Gasteiger charge is 2.14. The number of nitrogens with one attached hydrogen (secondary N) is 2. The average Bonchev–Trinajstić information content (AvgIpc) is 2.75. The lowest BCUT2D eigenvalue weighted by molar-refractivity contribution is -0.682. The van der Waals surface area contributed by atoms with Gasteiger partial charge in [-0.1, -0.05) is 54.1 Å². The third-order valence-corrected chi connectivity index (χ3v) is 4.75. The normalized spacial score (nSPS) is 11.7. The molecule has 3 aromatic carbocycles. The van der Waals surface area contributed by atoms with Gasteiger partial charge in [-0.2, -0.15) is 0 Å². The highest BCUT2D eigenvalue weighted by molar-refractivity contribution is 6.30. The number of amides is 2. The number of quaternary nitrogens is 1. The lowest BCUT2D eigenvalue weighted by Crippen LogP contribution is -2.87. The van der Waals surface area contributed by atoms with Crippen molar-refractivity contribution in [2.45, 2.75) is 13.0 Å². The summed E-state index contributed by atoms with van der Waals surface area (Å²) >= 11 is 5.79. The second-order valence-corrected chi connectivity index (χ2v) is 7.07. The topological polar surface area (TPSA) is 84.0 Å². The zero-order valence-corrected chi connectivity index (χ0v) is 16.8. The van der Waals surface area contributed by atoms with Gasteiger partial charge in [0.15, 0.2) is 13.2 Å². The summed E-state index contributed by atoms with van der Waals surface area (Å²) in [5.41, 5.74) is 5.91. The Hall–Kier alpha value is -3.09. The maximum atomic E-state index is 12.0. The minimum atomic E-state index is -0.449. The van der Waals surface area contributed by atoms with E-state index in [0.29, 0.717) is 10.8 Å². The Kier molecular flexibility index (Phi) is 7.05. The van der Waals surface area contributed by atoms with Gasteiger partial charge in [-0.3, -0.25) is 20.4 Å². The van der Waals surface area contributed by atoms with Crippen molar-refractivity contribution < 1.29 is 19.6 Å². The van der Waals surface area contributed by atoms with Crippen molar-refractivity contribution >= 4 is 34.2 Å². The molecule has 0 aliphatic rings. The third-order valence-electron chi connectivity index (χ3n) is 4.50. The maximum absolute atomic E-state index is 12.0. The number of benzene rings is 3. The van der Waals surface area contributed by atoms with E-state index in [4.69, 9.17) is 16.3 Å². The van der Waals surface area contributed by atoms with Crippen molar-refractivity contribution in [3.63, 3.8) is 0 Å². The quantitative estimate of drug-likeness (QED) is 0.521. The second kappa shape index (κ2) is 9.91. The van der Waals surface area contributed by atoms with E-state index in [0.717, 1.165) is 5.56 Å². The predicted molar refractivity (Wildman–Crippen MR) is 112 cm³/mol. The molecule has 0 heterocycles. The van der Waals surface area contributed by atoms with Crippen LogP contribution in [0.5, 0.6) is 5.75 Å². The third kappa shape index (κ3) is 5.94. The standard InChI is InChI=1S/C22H22ClN3O3/c1-15(19-8-4-6-16-5-2-3-7-20(16)19)24-13-21(27)25-26-22(28)14-29-18-11-9-17(23)10-12-18/h2-12,15,24H,13-14H2,1H3,(H,25,27)(H,26,28)/p+1/t15-/m1/s1. The number of carbonyl (C=O) groups is 2. The number of fused-ring (bicyclic) bond motifs is 1. The zero-order valence-electron chi connectivity index (χ0n) is 16.0. The number of halogens is 1. The summed E-state index contributed by atoms with van der Waals surface area (Å²) in [7, 11) is 0. The van der Waals surface area contributed by atoms with Gasteiger partial charge in [-0.25, -0.2) is 0 Å². The molecule has 150 valence electrons. The van der Waals surface area contributed by atoms with Crippen LogP contribution in [0.1, 0.15) is 18.5 Å². The highest BCUT2D eigenvalue weighted by atomic mass is 35.5. The van der Waals surface area contributed by atoms with Crippen LogP contribution in [0.2, 0.25) is 5.02 Å². The fourth-order valence-corrected chi connectivity index (χ4v) is 3.09. The summed E-state index contributed by atoms with van der Waals surface area (Å²) < 4.78 is 5.32. The molecule has 0 aromatic heterocycles. The first kappa shape index (κ1) is 20.6. The number of hydrogen-bond donors (Lipinski definition) is 3. The van der Waals surface area contributed by atoms with Gasteiger partial charge < -0.3 is 10.1 Å². The summed E-state index contributed by atoms with van der Waals surface area (Å²) in [5.74, 6) is -0.222. The minimum Gasteiger partial charge on any atom is -0.484 e. The van der Waals surface area contributed by atoms with E-state index in [1.165, 1.54) is 10.8 Å². The molecule has 0 aliphatic heterocycles. The van der Waals surface area contributed by atoms with Crippen LogP contribution < -0.4 is 20.9 Å². The molecule has 3 rings (SSSR count). The van der Waals surface area contributed by atoms with Gasteiger partial charge in [0, 0.05) is 10.6 Å². The van der Waals surface area contributed by atoms with E-state index in [9.17, 15) is 9.59 Å². The van der Waals surface area contributed by atoms with Crippen LogP contribution >= 0.6 is 11.6 Å². The number of carbonyl (C=O) groups excluding carboxylic acids is 2. The van der Waals surface area contributed by atoms with Crippen molar-refractivity contribution in [3.05, 3.63) is 77.3 Å². The van der Waals surface area contributed by atoms with Crippen molar-refractivity contribution in [3.8, 4) is 5.75 Å². The number of rotatable bonds is 7. The largest absolute Gasteiger partial charge is 0.484 e. The van der Waals surface area contributed by atoms with Crippen LogP contribution in [0.25, 0.3) is 10.8 Å². The van der Waals surface area contributed by atoms with Crippen LogP contribution in [0, 0.1) is 0 Å². The predicted octanol–water partition coefficient (Wildman–Crippen LogP) is 2.34. The number of hydrazine groups is 1. The highest BCUT2D eigenvalue weighted by Crippen LogP contribution is 2.22. The van der Waals surface area contributed by atoms with E-state index < -0.39 is 5.91 Å². The summed E-state index contributed by atoms with van der Waals surface area (Å²) in [4.78, 5) is 23.9. The first-order valence-corrected chi connectivity index (χ1v) is 9.68. The van der Waals surface area contributed by atoms with Gasteiger partial charge in [0.05, 0.1) is 0 Å². The van der Waals surface area contributed by atoms with Gasteiger partial charge in [0.2, 0.25) is 0 Å². The number of ether oxygens (including phenoxy) is 1. The van der Waals surface area contributed by atoms with E-state index in [-0.39, 0.29) is 25.1 Å². The maximum Gasteiger partial charge on any atom is 0.293 e. The second-order valence-electron chi connectivity index (χ2n) is 6.64. The van der Waals surface area contributed by atoms with Crippen molar-refractivity contribution in [2.75, 3.05) is 13.2 Å². The molecule has 7 heteroatoms. The summed E-state index contributed by atoms with van der Waals surface area (Å²) in [6.07, 6.45) is 0. The molecule has 3 aromatic rings. The SMILES string of the molecule is C[C@@H]([NH2+]CC(=O)NNC(=O)COc1ccc(Cl)cc1)c1cccc2ccccc12. The molecule has 29 heavy (non-hydrogen) atoms. The molecule has 0 bridgehead atoms. The van der Waals surface area contributed by atoms with Crippen LogP contribution in [-0.2, 0) is 9.59 Å². The Morgan fingerprint density at radius 1 is 0.966 bits per heavy atom. The Bertz CT molecular complexity index is 987. The molecule has 6 nitrogen and oxygen atoms in total. The average molecular weight is 413 g/mol. The molecule has 0 aliphatic carbocycles. The molecule has 0 radical (unpaired) electrons. The van der Waals surface area contributed by atoms with Gasteiger partial charge >= 0.3 is 0 Å². The van der Waals surface area contributed by atoms with Gasteiger partial charge in [-0.15, -0.1) is 0 Å². The number of nitrogens with two attached hydrogens (primary N) is 1. The van der Waals surface area contributed by atoms with Gasteiger partial charge in [0.25, 0.3) is 11.8 Å². The molecule has 0 saturated carbocycles. The first-order valence-electron chi connectivity index (χ1n) is 9.30.